The van der Waals surface area contributed by atoms with Crippen LogP contribution < -0.4 is 5.32 Å². The van der Waals surface area contributed by atoms with E-state index in [-0.39, 0.29) is 6.09 Å². The van der Waals surface area contributed by atoms with E-state index in [0.29, 0.717) is 23.9 Å². The van der Waals surface area contributed by atoms with Crippen molar-refractivity contribution < 1.29 is 17.9 Å². The Labute approximate surface area is 150 Å². The van der Waals surface area contributed by atoms with Gasteiger partial charge in [0, 0.05) is 31.6 Å². The van der Waals surface area contributed by atoms with Crippen molar-refractivity contribution >= 4 is 21.6 Å². The van der Waals surface area contributed by atoms with Gasteiger partial charge in [0.2, 0.25) is 0 Å². The number of sulfone groups is 1. The van der Waals surface area contributed by atoms with Gasteiger partial charge >= 0.3 is 6.09 Å². The molecule has 1 aromatic carbocycles. The van der Waals surface area contributed by atoms with Gasteiger partial charge < -0.3 is 15.0 Å². The lowest BCUT2D eigenvalue weighted by atomic mass is 9.97. The molecule has 1 N–H and O–H groups in total. The van der Waals surface area contributed by atoms with Gasteiger partial charge in [-0.2, -0.15) is 0 Å². The number of piperidine rings is 1. The number of carbonyl (C=O) groups excluding carboxylic acids is 1. The molecule has 25 heavy (non-hydrogen) atoms. The zero-order valence-corrected chi connectivity index (χ0v) is 16.2. The maximum atomic E-state index is 12.1. The van der Waals surface area contributed by atoms with Gasteiger partial charge in [0.1, 0.15) is 5.60 Å². The van der Waals surface area contributed by atoms with Crippen molar-refractivity contribution in [2.24, 2.45) is 5.92 Å². The van der Waals surface area contributed by atoms with Crippen molar-refractivity contribution in [2.45, 2.75) is 44.1 Å². The Hall–Kier alpha value is -1.76. The lowest BCUT2D eigenvalue weighted by Crippen LogP contribution is -2.42. The van der Waals surface area contributed by atoms with Crippen LogP contribution in [0.3, 0.4) is 0 Å². The number of likely N-dealkylation sites (tertiary alicyclic amines) is 1. The van der Waals surface area contributed by atoms with Gasteiger partial charge in [-0.25, -0.2) is 13.2 Å². The minimum Gasteiger partial charge on any atom is -0.444 e. The predicted molar refractivity (Wildman–Crippen MR) is 98.6 cm³/mol. The average Bonchev–Trinajstić information content (AvgIpc) is 2.51. The van der Waals surface area contributed by atoms with Crippen molar-refractivity contribution in [2.75, 3.05) is 31.2 Å². The van der Waals surface area contributed by atoms with Gasteiger partial charge in [0.25, 0.3) is 0 Å². The first-order valence-electron chi connectivity index (χ1n) is 8.56. The highest BCUT2D eigenvalue weighted by atomic mass is 32.2. The fourth-order valence-corrected chi connectivity index (χ4v) is 3.41. The molecule has 0 aliphatic carbocycles. The van der Waals surface area contributed by atoms with Crippen LogP contribution in [0, 0.1) is 5.92 Å². The lowest BCUT2D eigenvalue weighted by Gasteiger charge is -2.33. The van der Waals surface area contributed by atoms with Crippen LogP contribution in [0.15, 0.2) is 29.2 Å². The average molecular weight is 368 g/mol. The summed E-state index contributed by atoms with van der Waals surface area (Å²) in [5, 5.41) is 3.31. The normalized spacial score (nSPS) is 16.6. The van der Waals surface area contributed by atoms with Gasteiger partial charge in [-0.3, -0.25) is 0 Å². The van der Waals surface area contributed by atoms with Crippen LogP contribution in [0.4, 0.5) is 10.5 Å². The SMILES string of the molecule is CC(C)(C)OC(=O)N1CCC(CNc2cccc(S(C)(=O)=O)c2)CC1. The molecule has 1 fully saturated rings. The summed E-state index contributed by atoms with van der Waals surface area (Å²) < 4.78 is 28.6. The summed E-state index contributed by atoms with van der Waals surface area (Å²) in [4.78, 5) is 14.1. The third kappa shape index (κ3) is 6.23. The number of rotatable bonds is 4. The summed E-state index contributed by atoms with van der Waals surface area (Å²) in [6.07, 6.45) is 2.76. The Morgan fingerprint density at radius 1 is 1.28 bits per heavy atom. The molecule has 1 saturated heterocycles. The smallest absolute Gasteiger partial charge is 0.410 e. The molecule has 0 radical (unpaired) electrons. The molecule has 0 atom stereocenters. The number of hydrogen-bond donors (Lipinski definition) is 1. The molecule has 2 rings (SSSR count). The molecule has 0 spiro atoms. The van der Waals surface area contributed by atoms with Gasteiger partial charge in [-0.15, -0.1) is 0 Å². The maximum Gasteiger partial charge on any atom is 0.410 e. The zero-order chi connectivity index (χ0) is 18.7. The molecule has 1 aliphatic heterocycles. The summed E-state index contributed by atoms with van der Waals surface area (Å²) in [7, 11) is -3.20. The molecule has 140 valence electrons. The number of benzene rings is 1. The van der Waals surface area contributed by atoms with E-state index in [0.717, 1.165) is 25.1 Å². The van der Waals surface area contributed by atoms with Crippen LogP contribution in [0.25, 0.3) is 0 Å². The van der Waals surface area contributed by atoms with E-state index in [2.05, 4.69) is 5.32 Å². The quantitative estimate of drug-likeness (QED) is 0.883. The molecule has 1 amide bonds. The van der Waals surface area contributed by atoms with Crippen LogP contribution in [0.2, 0.25) is 0 Å². The second-order valence-corrected chi connectivity index (χ2v) is 9.61. The van der Waals surface area contributed by atoms with Gasteiger partial charge in [0.05, 0.1) is 4.90 Å². The lowest BCUT2D eigenvalue weighted by molar-refractivity contribution is 0.0188. The van der Waals surface area contributed by atoms with E-state index in [9.17, 15) is 13.2 Å². The Kier molecular flexibility index (Phi) is 5.98. The number of nitrogens with one attached hydrogen (secondary N) is 1. The fourth-order valence-electron chi connectivity index (χ4n) is 2.75. The number of ether oxygens (including phenoxy) is 1. The third-order valence-corrected chi connectivity index (χ3v) is 5.23. The topological polar surface area (TPSA) is 75.7 Å². The first-order valence-corrected chi connectivity index (χ1v) is 10.5. The Bertz CT molecular complexity index is 702. The van der Waals surface area contributed by atoms with Gasteiger partial charge in [0.15, 0.2) is 9.84 Å². The number of amides is 1. The third-order valence-electron chi connectivity index (χ3n) is 4.12. The molecule has 0 aromatic heterocycles. The summed E-state index contributed by atoms with van der Waals surface area (Å²) >= 11 is 0. The molecule has 7 heteroatoms. The molecule has 0 unspecified atom stereocenters. The van der Waals surface area contributed by atoms with Crippen LogP contribution in [0.5, 0.6) is 0 Å². The van der Waals surface area contributed by atoms with E-state index in [4.69, 9.17) is 4.74 Å². The number of anilines is 1. The van der Waals surface area contributed by atoms with Crippen LogP contribution in [0.1, 0.15) is 33.6 Å². The van der Waals surface area contributed by atoms with E-state index < -0.39 is 15.4 Å². The molecular weight excluding hydrogens is 340 g/mol. The summed E-state index contributed by atoms with van der Waals surface area (Å²) in [6, 6.07) is 6.86. The molecule has 6 nitrogen and oxygen atoms in total. The van der Waals surface area contributed by atoms with Crippen molar-refractivity contribution in [3.63, 3.8) is 0 Å². The Morgan fingerprint density at radius 3 is 2.48 bits per heavy atom. The molecule has 0 bridgehead atoms. The van der Waals surface area contributed by atoms with E-state index in [1.165, 1.54) is 6.26 Å². The van der Waals surface area contributed by atoms with E-state index >= 15 is 0 Å². The van der Waals surface area contributed by atoms with Crippen LogP contribution in [-0.4, -0.2) is 50.9 Å². The van der Waals surface area contributed by atoms with Crippen LogP contribution >= 0.6 is 0 Å². The van der Waals surface area contributed by atoms with Gasteiger partial charge in [-0.05, 0) is 57.7 Å². The van der Waals surface area contributed by atoms with Crippen molar-refractivity contribution in [3.8, 4) is 0 Å². The van der Waals surface area contributed by atoms with E-state index in [1.54, 1.807) is 23.1 Å². The predicted octanol–water partition coefficient (Wildman–Crippen LogP) is 3.15. The van der Waals surface area contributed by atoms with Crippen molar-refractivity contribution in [3.05, 3.63) is 24.3 Å². The second-order valence-electron chi connectivity index (χ2n) is 7.59. The Balaban J connectivity index is 1.82. The standard InChI is InChI=1S/C18H28N2O4S/c1-18(2,3)24-17(21)20-10-8-14(9-11-20)13-19-15-6-5-7-16(12-15)25(4,22)23/h5-7,12,14,19H,8-11,13H2,1-4H3. The fraction of sp³-hybridized carbons (Fsp3) is 0.611. The summed E-state index contributed by atoms with van der Waals surface area (Å²) in [5.41, 5.74) is 0.331. The molecule has 1 heterocycles. The van der Waals surface area contributed by atoms with Crippen LogP contribution in [-0.2, 0) is 14.6 Å². The number of nitrogens with zero attached hydrogens (tertiary/aromatic N) is 1. The first-order chi connectivity index (χ1) is 11.5. The number of hydrogen-bond acceptors (Lipinski definition) is 5. The minimum atomic E-state index is -3.20. The molecule has 0 saturated carbocycles. The van der Waals surface area contributed by atoms with Crippen molar-refractivity contribution in [1.82, 2.24) is 4.90 Å². The zero-order valence-electron chi connectivity index (χ0n) is 15.4. The molecule has 1 aliphatic rings. The monoisotopic (exact) mass is 368 g/mol. The molecule has 1 aromatic rings. The van der Waals surface area contributed by atoms with Crippen molar-refractivity contribution in [1.29, 1.82) is 0 Å². The summed E-state index contributed by atoms with van der Waals surface area (Å²) in [5.74, 6) is 0.445. The first kappa shape index (κ1) is 19.6. The maximum absolute atomic E-state index is 12.1. The summed E-state index contributed by atoms with van der Waals surface area (Å²) in [6.45, 7) is 7.73. The highest BCUT2D eigenvalue weighted by Gasteiger charge is 2.26. The van der Waals surface area contributed by atoms with E-state index in [1.807, 2.05) is 26.8 Å². The highest BCUT2D eigenvalue weighted by Crippen LogP contribution is 2.21. The highest BCUT2D eigenvalue weighted by molar-refractivity contribution is 7.90. The molecular formula is C18H28N2O4S. The minimum absolute atomic E-state index is 0.250. The largest absolute Gasteiger partial charge is 0.444 e. The second kappa shape index (κ2) is 7.64. The number of carbonyl (C=O) groups is 1. The Morgan fingerprint density at radius 2 is 1.92 bits per heavy atom. The van der Waals surface area contributed by atoms with Gasteiger partial charge in [-0.1, -0.05) is 6.07 Å².